The summed E-state index contributed by atoms with van der Waals surface area (Å²) in [5.41, 5.74) is 6.28. The van der Waals surface area contributed by atoms with Crippen LogP contribution in [0.4, 0.5) is 0 Å². The molecule has 24 heavy (non-hydrogen) atoms. The summed E-state index contributed by atoms with van der Waals surface area (Å²) in [5.74, 6) is 0. The zero-order valence-corrected chi connectivity index (χ0v) is 21.3. The van der Waals surface area contributed by atoms with Crippen LogP contribution in [0, 0.1) is 23.0 Å². The van der Waals surface area contributed by atoms with Gasteiger partial charge in [-0.25, -0.2) is 23.3 Å². The fourth-order valence-corrected chi connectivity index (χ4v) is 2.16. The van der Waals surface area contributed by atoms with Gasteiger partial charge in [0.05, 0.1) is 0 Å². The molecule has 0 saturated carbocycles. The Kier molecular flexibility index (Phi) is 12.7. The van der Waals surface area contributed by atoms with Crippen molar-refractivity contribution in [2.75, 3.05) is 0 Å². The van der Waals surface area contributed by atoms with E-state index in [1.54, 1.807) is 0 Å². The normalized spacial score (nSPS) is 16.4. The molecule has 0 heterocycles. The molecule has 0 atom stereocenters. The average Bonchev–Trinajstić information content (AvgIpc) is 2.98. The molecule has 2 heteroatoms. The first kappa shape index (κ1) is 26.3. The van der Waals surface area contributed by atoms with E-state index in [1.165, 1.54) is 22.3 Å². The summed E-state index contributed by atoms with van der Waals surface area (Å²) in [6.45, 7) is 22.1. The summed E-state index contributed by atoms with van der Waals surface area (Å²) in [6.07, 6.45) is 13.2. The molecule has 0 amide bonds. The molecular formula is C22H37SiZr+. The van der Waals surface area contributed by atoms with Crippen molar-refractivity contribution in [1.29, 1.82) is 0 Å². The van der Waals surface area contributed by atoms with Gasteiger partial charge in [-0.3, -0.25) is 12.2 Å². The molecule has 2 rings (SSSR count). The predicted molar refractivity (Wildman–Crippen MR) is 108 cm³/mol. The molecule has 0 bridgehead atoms. The maximum Gasteiger partial charge on any atom is 3.00 e. The van der Waals surface area contributed by atoms with Crippen molar-refractivity contribution < 1.29 is 26.2 Å². The molecule has 0 fully saturated rings. The number of rotatable bonds is 0. The van der Waals surface area contributed by atoms with Gasteiger partial charge in [0.1, 0.15) is 0 Å². The van der Waals surface area contributed by atoms with E-state index in [4.69, 9.17) is 0 Å². The maximum absolute atomic E-state index is 3.30. The first-order valence-electron chi connectivity index (χ1n) is 8.72. The minimum Gasteiger partial charge on any atom is -0.269 e. The Balaban J connectivity index is 0. The zero-order chi connectivity index (χ0) is 18.3. The van der Waals surface area contributed by atoms with Crippen LogP contribution in [0.2, 0.25) is 13.1 Å². The molecule has 132 valence electrons. The van der Waals surface area contributed by atoms with Crippen LogP contribution >= 0.6 is 0 Å². The molecule has 2 aliphatic carbocycles. The molecule has 0 aromatic heterocycles. The SMILES string of the molecule is CC1=[C-]CC(C(C)(C)C)=C1.CC1=[C-]CC(C(C)(C)C)=C1.C[SiH]C.[Zr+3]. The van der Waals surface area contributed by atoms with Crippen LogP contribution in [0.5, 0.6) is 0 Å². The molecule has 2 aliphatic rings. The minimum atomic E-state index is 0. The molecule has 0 aromatic carbocycles. The van der Waals surface area contributed by atoms with E-state index in [9.17, 15) is 0 Å². The monoisotopic (exact) mass is 419 g/mol. The Morgan fingerprint density at radius 1 is 0.750 bits per heavy atom. The van der Waals surface area contributed by atoms with Gasteiger partial charge in [-0.05, 0) is 10.8 Å². The number of hydrogen-bond donors (Lipinski definition) is 0. The smallest absolute Gasteiger partial charge is 0.269 e. The third-order valence-corrected chi connectivity index (χ3v) is 3.82. The molecule has 0 spiro atoms. The standard InChI is InChI=1S/2C10H15.C2H7Si.Zr/c2*1-8-5-6-9(7-8)10(2,3)4;1-3-2;/h2*7H,6H2,1-4H3;3H,1-2H3;/q2*-1;;+3. The van der Waals surface area contributed by atoms with Gasteiger partial charge in [-0.1, -0.05) is 68.5 Å². The van der Waals surface area contributed by atoms with Crippen LogP contribution in [0.3, 0.4) is 0 Å². The van der Waals surface area contributed by atoms with Gasteiger partial charge in [0, 0.05) is 9.52 Å². The second-order valence-corrected chi connectivity index (χ2v) is 9.64. The topological polar surface area (TPSA) is 0 Å². The van der Waals surface area contributed by atoms with Crippen molar-refractivity contribution in [3.63, 3.8) is 0 Å². The van der Waals surface area contributed by atoms with Crippen LogP contribution in [-0.2, 0) is 26.2 Å². The van der Waals surface area contributed by atoms with Gasteiger partial charge in [0.25, 0.3) is 0 Å². The van der Waals surface area contributed by atoms with Gasteiger partial charge in [-0.2, -0.15) is 11.1 Å². The van der Waals surface area contributed by atoms with Gasteiger partial charge in [-0.15, -0.1) is 12.8 Å². The largest absolute Gasteiger partial charge is 3.00 e. The van der Waals surface area contributed by atoms with Gasteiger partial charge in [0.15, 0.2) is 0 Å². The third-order valence-electron chi connectivity index (χ3n) is 3.82. The Morgan fingerprint density at radius 3 is 1.08 bits per heavy atom. The summed E-state index contributed by atoms with van der Waals surface area (Å²) in [4.78, 5) is 0. The van der Waals surface area contributed by atoms with E-state index >= 15 is 0 Å². The third kappa shape index (κ3) is 10.8. The predicted octanol–water partition coefficient (Wildman–Crippen LogP) is 6.74. The van der Waals surface area contributed by atoms with Crippen LogP contribution in [0.15, 0.2) is 34.4 Å². The molecule has 2 radical (unpaired) electrons. The summed E-state index contributed by atoms with van der Waals surface area (Å²) >= 11 is 0. The van der Waals surface area contributed by atoms with Crippen LogP contribution in [-0.4, -0.2) is 9.52 Å². The van der Waals surface area contributed by atoms with E-state index in [-0.39, 0.29) is 26.2 Å². The van der Waals surface area contributed by atoms with E-state index < -0.39 is 0 Å². The van der Waals surface area contributed by atoms with Gasteiger partial charge < -0.3 is 0 Å². The van der Waals surface area contributed by atoms with Crippen LogP contribution in [0.1, 0.15) is 68.2 Å². The summed E-state index contributed by atoms with van der Waals surface area (Å²) < 4.78 is 0. The molecular weight excluding hydrogens is 384 g/mol. The van der Waals surface area contributed by atoms with Crippen LogP contribution in [0.25, 0.3) is 0 Å². The Bertz CT molecular complexity index is 445. The first-order chi connectivity index (χ1) is 10.4. The average molecular weight is 421 g/mol. The number of hydrogen-bond acceptors (Lipinski definition) is 0. The molecule has 0 aromatic rings. The van der Waals surface area contributed by atoms with E-state index in [2.05, 4.69) is 92.8 Å². The van der Waals surface area contributed by atoms with E-state index in [0.29, 0.717) is 10.8 Å². The number of allylic oxidation sites excluding steroid dienone is 8. The second-order valence-electron chi connectivity index (χ2n) is 8.49. The first-order valence-corrected chi connectivity index (χ1v) is 11.0. The van der Waals surface area contributed by atoms with Gasteiger partial charge >= 0.3 is 26.2 Å². The molecule has 0 saturated heterocycles. The Hall–Kier alpha value is 0.0600. The van der Waals surface area contributed by atoms with Crippen molar-refractivity contribution in [3.05, 3.63) is 46.6 Å². The van der Waals surface area contributed by atoms with Crippen molar-refractivity contribution in [1.82, 2.24) is 0 Å². The Labute approximate surface area is 173 Å². The van der Waals surface area contributed by atoms with Crippen LogP contribution < -0.4 is 0 Å². The quantitative estimate of drug-likeness (QED) is 0.300. The van der Waals surface area contributed by atoms with E-state index in [0.717, 1.165) is 22.4 Å². The zero-order valence-electron chi connectivity index (χ0n) is 17.6. The molecule has 0 nitrogen and oxygen atoms in total. The second kappa shape index (κ2) is 11.6. The molecule has 0 N–H and O–H groups in total. The fraction of sp³-hybridized carbons (Fsp3) is 0.636. The summed E-state index contributed by atoms with van der Waals surface area (Å²) in [7, 11) is 0.750. The van der Waals surface area contributed by atoms with Crippen molar-refractivity contribution >= 4 is 9.52 Å². The summed E-state index contributed by atoms with van der Waals surface area (Å²) in [5, 5.41) is 0. The fourth-order valence-electron chi connectivity index (χ4n) is 2.16. The molecule has 0 unspecified atom stereocenters. The summed E-state index contributed by atoms with van der Waals surface area (Å²) in [6, 6.07) is 0. The molecule has 0 aliphatic heterocycles. The van der Waals surface area contributed by atoms with Crippen molar-refractivity contribution in [2.24, 2.45) is 10.8 Å². The van der Waals surface area contributed by atoms with E-state index in [1.807, 2.05) is 0 Å². The van der Waals surface area contributed by atoms with Crippen molar-refractivity contribution in [2.45, 2.75) is 81.3 Å². The Morgan fingerprint density at radius 2 is 1.00 bits per heavy atom. The maximum atomic E-state index is 3.30. The van der Waals surface area contributed by atoms with Gasteiger partial charge in [0.2, 0.25) is 0 Å². The van der Waals surface area contributed by atoms with Crippen molar-refractivity contribution in [3.8, 4) is 0 Å². The minimum absolute atomic E-state index is 0.